The van der Waals surface area contributed by atoms with Crippen molar-refractivity contribution in [3.8, 4) is 33.6 Å². The summed E-state index contributed by atoms with van der Waals surface area (Å²) in [6.45, 7) is 3.48. The van der Waals surface area contributed by atoms with Crippen molar-refractivity contribution in [1.82, 2.24) is 30.2 Å². The lowest BCUT2D eigenvalue weighted by atomic mass is 10.0. The molecule has 2 aromatic carbocycles. The lowest BCUT2D eigenvalue weighted by Gasteiger charge is -2.28. The first-order valence-electron chi connectivity index (χ1n) is 15.1. The Balaban J connectivity index is 1.13. The highest BCUT2D eigenvalue weighted by atomic mass is 17.2. The number of methoxy groups -OCH3 is 1. The zero-order valence-electron chi connectivity index (χ0n) is 25.3. The van der Waals surface area contributed by atoms with Gasteiger partial charge in [0.2, 0.25) is 6.40 Å². The first-order valence-corrected chi connectivity index (χ1v) is 15.1. The Kier molecular flexibility index (Phi) is 9.15. The van der Waals surface area contributed by atoms with Crippen molar-refractivity contribution in [3.63, 3.8) is 0 Å². The fourth-order valence-electron chi connectivity index (χ4n) is 6.05. The van der Waals surface area contributed by atoms with Crippen LogP contribution in [0.2, 0.25) is 0 Å². The molecule has 44 heavy (non-hydrogen) atoms. The van der Waals surface area contributed by atoms with E-state index in [0.29, 0.717) is 12.6 Å². The van der Waals surface area contributed by atoms with Crippen LogP contribution < -0.4 is 5.32 Å². The smallest absolute Gasteiger partial charge is 0.250 e. The van der Waals surface area contributed by atoms with E-state index >= 15 is 0 Å². The fourth-order valence-corrected chi connectivity index (χ4v) is 6.05. The number of carbonyl (C=O) groups is 1. The highest BCUT2D eigenvalue weighted by Crippen LogP contribution is 2.33. The number of H-pyrrole nitrogens is 2. The highest BCUT2D eigenvalue weighted by Gasteiger charge is 2.37. The summed E-state index contributed by atoms with van der Waals surface area (Å²) >= 11 is 0. The summed E-state index contributed by atoms with van der Waals surface area (Å²) in [5.41, 5.74) is 6.35. The van der Waals surface area contributed by atoms with Crippen LogP contribution in [0, 0.1) is 0 Å². The van der Waals surface area contributed by atoms with Gasteiger partial charge in [0.1, 0.15) is 11.6 Å². The average Bonchev–Trinajstić information content (AvgIpc) is 3.89. The number of ether oxygens (including phenoxy) is 1. The van der Waals surface area contributed by atoms with Gasteiger partial charge in [-0.25, -0.2) is 15.0 Å². The second-order valence-corrected chi connectivity index (χ2v) is 11.3. The lowest BCUT2D eigenvalue weighted by molar-refractivity contribution is -0.188. The minimum atomic E-state index is -0.752. The van der Waals surface area contributed by atoms with Gasteiger partial charge < -0.3 is 29.8 Å². The average molecular weight is 598 g/mol. The van der Waals surface area contributed by atoms with Crippen LogP contribution in [-0.4, -0.2) is 76.6 Å². The third kappa shape index (κ3) is 6.30. The first kappa shape index (κ1) is 29.7. The Bertz CT molecular complexity index is 1560. The van der Waals surface area contributed by atoms with Gasteiger partial charge in [0.05, 0.1) is 49.1 Å². The Labute approximate surface area is 257 Å². The van der Waals surface area contributed by atoms with Crippen molar-refractivity contribution in [2.75, 3.05) is 27.3 Å². The maximum atomic E-state index is 13.5. The van der Waals surface area contributed by atoms with E-state index in [0.717, 1.165) is 77.5 Å². The third-order valence-electron chi connectivity index (χ3n) is 8.59. The van der Waals surface area contributed by atoms with Gasteiger partial charge in [-0.1, -0.05) is 48.5 Å². The standard InChI is InChI=1S/C33H39N7O4/c1-21(42-2)30(37-20-44-43-3)33(41)40-17-5-7-29(40)32-36-19-28(39-32)25-14-10-23(11-15-25)22-8-12-24(13-9-22)27-18-35-31(38-27)26-6-4-16-34-26/h8-15,18-21,26,29-30,34H,4-7,16-17H2,1-3H3,(H,35,38)(H,36,39)/b37-20+/t21-,26+,29+,30?/m1/s1. The maximum absolute atomic E-state index is 13.5. The molecule has 6 rings (SSSR count). The van der Waals surface area contributed by atoms with Crippen LogP contribution in [0.5, 0.6) is 0 Å². The molecule has 0 bridgehead atoms. The second-order valence-electron chi connectivity index (χ2n) is 11.3. The van der Waals surface area contributed by atoms with E-state index in [1.165, 1.54) is 13.5 Å². The van der Waals surface area contributed by atoms with E-state index in [9.17, 15) is 4.79 Å². The molecular weight excluding hydrogens is 558 g/mol. The van der Waals surface area contributed by atoms with Gasteiger partial charge in [0.15, 0.2) is 6.04 Å². The van der Waals surface area contributed by atoms with Crippen molar-refractivity contribution < 1.29 is 19.3 Å². The molecule has 0 spiro atoms. The van der Waals surface area contributed by atoms with Gasteiger partial charge >= 0.3 is 0 Å². The van der Waals surface area contributed by atoms with Crippen molar-refractivity contribution >= 4 is 12.3 Å². The number of aliphatic imine (C=N–C) groups is 1. The third-order valence-corrected chi connectivity index (χ3v) is 8.59. The molecule has 1 unspecified atom stereocenters. The number of nitrogens with one attached hydrogen (secondary N) is 3. The number of amides is 1. The number of benzene rings is 2. The van der Waals surface area contributed by atoms with Crippen LogP contribution >= 0.6 is 0 Å². The van der Waals surface area contributed by atoms with Gasteiger partial charge in [-0.2, -0.15) is 4.89 Å². The van der Waals surface area contributed by atoms with E-state index in [2.05, 4.69) is 83.7 Å². The fraction of sp³-hybridized carbons (Fsp3) is 0.394. The topological polar surface area (TPSA) is 130 Å². The predicted octanol–water partition coefficient (Wildman–Crippen LogP) is 5.23. The molecular formula is C33H39N7O4. The van der Waals surface area contributed by atoms with Gasteiger partial charge in [0, 0.05) is 13.7 Å². The number of nitrogens with zero attached hydrogens (tertiary/aromatic N) is 4. The number of aromatic nitrogens is 4. The summed E-state index contributed by atoms with van der Waals surface area (Å²) < 4.78 is 5.43. The SMILES string of the molecule is COO/C=N/C(C(=O)N1CCC[C@H]1c1ncc(-c2ccc(-c3ccc(-c4cnc([C@@H]5CCCN5)[nH]4)cc3)cc2)[nH]1)[C@@H](C)OC. The van der Waals surface area contributed by atoms with E-state index < -0.39 is 12.1 Å². The Morgan fingerprint density at radius 3 is 2.11 bits per heavy atom. The normalized spacial score (nSPS) is 19.9. The molecule has 1 amide bonds. The minimum Gasteiger partial charge on any atom is -0.379 e. The summed E-state index contributed by atoms with van der Waals surface area (Å²) in [4.78, 5) is 45.2. The molecule has 0 saturated carbocycles. The predicted molar refractivity (Wildman–Crippen MR) is 168 cm³/mol. The molecule has 3 N–H and O–H groups in total. The number of rotatable bonds is 11. The van der Waals surface area contributed by atoms with Crippen LogP contribution in [0.25, 0.3) is 33.6 Å². The van der Waals surface area contributed by atoms with Crippen LogP contribution in [0.4, 0.5) is 0 Å². The van der Waals surface area contributed by atoms with E-state index in [-0.39, 0.29) is 11.9 Å². The second kappa shape index (κ2) is 13.5. The Morgan fingerprint density at radius 2 is 1.52 bits per heavy atom. The number of hydrogen-bond donors (Lipinski definition) is 3. The number of imidazole rings is 2. The van der Waals surface area contributed by atoms with Crippen molar-refractivity contribution in [3.05, 3.63) is 72.6 Å². The molecule has 0 radical (unpaired) electrons. The van der Waals surface area contributed by atoms with Crippen molar-refractivity contribution in [2.24, 2.45) is 4.99 Å². The molecule has 4 atom stereocenters. The quantitative estimate of drug-likeness (QED) is 0.0934. The number of hydrogen-bond acceptors (Lipinski definition) is 8. The van der Waals surface area contributed by atoms with E-state index in [1.54, 1.807) is 7.11 Å². The van der Waals surface area contributed by atoms with Gasteiger partial charge in [-0.15, -0.1) is 0 Å². The molecule has 2 saturated heterocycles. The molecule has 11 heteroatoms. The molecule has 2 aliphatic rings. The van der Waals surface area contributed by atoms with E-state index in [4.69, 9.17) is 9.62 Å². The van der Waals surface area contributed by atoms with E-state index in [1.807, 2.05) is 24.2 Å². The number of carbonyl (C=O) groups excluding carboxylic acids is 1. The largest absolute Gasteiger partial charge is 0.379 e. The molecule has 4 heterocycles. The van der Waals surface area contributed by atoms with Crippen LogP contribution in [0.15, 0.2) is 65.9 Å². The summed E-state index contributed by atoms with van der Waals surface area (Å²) in [5.74, 6) is 1.64. The summed E-state index contributed by atoms with van der Waals surface area (Å²) in [6, 6.07) is 16.4. The van der Waals surface area contributed by atoms with Crippen LogP contribution in [-0.2, 0) is 19.3 Å². The monoisotopic (exact) mass is 597 g/mol. The molecule has 2 aromatic heterocycles. The Hall–Kier alpha value is -4.32. The summed E-state index contributed by atoms with van der Waals surface area (Å²) in [6.07, 6.45) is 8.46. The van der Waals surface area contributed by atoms with Crippen LogP contribution in [0.1, 0.15) is 56.3 Å². The highest BCUT2D eigenvalue weighted by molar-refractivity contribution is 5.84. The summed E-state index contributed by atoms with van der Waals surface area (Å²) in [5, 5.41) is 3.49. The molecule has 230 valence electrons. The molecule has 4 aromatic rings. The first-order chi connectivity index (χ1) is 21.6. The number of aromatic amines is 2. The maximum Gasteiger partial charge on any atom is 0.250 e. The van der Waals surface area contributed by atoms with Gasteiger partial charge in [-0.05, 0) is 61.4 Å². The molecule has 2 aliphatic heterocycles. The van der Waals surface area contributed by atoms with Crippen LogP contribution in [0.3, 0.4) is 0 Å². The number of likely N-dealkylation sites (tertiary alicyclic amines) is 1. The zero-order valence-corrected chi connectivity index (χ0v) is 25.3. The zero-order chi connectivity index (χ0) is 30.5. The van der Waals surface area contributed by atoms with Crippen molar-refractivity contribution in [2.45, 2.75) is 56.8 Å². The molecule has 0 aliphatic carbocycles. The minimum absolute atomic E-state index is 0.134. The van der Waals surface area contributed by atoms with Gasteiger partial charge in [-0.3, -0.25) is 4.79 Å². The Morgan fingerprint density at radius 1 is 0.909 bits per heavy atom. The summed E-state index contributed by atoms with van der Waals surface area (Å²) in [7, 11) is 2.94. The molecule has 2 fully saturated rings. The van der Waals surface area contributed by atoms with Gasteiger partial charge in [0.25, 0.3) is 5.91 Å². The lowest BCUT2D eigenvalue weighted by Crippen LogP contribution is -2.43. The molecule has 11 nitrogen and oxygen atoms in total. The van der Waals surface area contributed by atoms with Crippen molar-refractivity contribution in [1.29, 1.82) is 0 Å².